The van der Waals surface area contributed by atoms with Crippen molar-refractivity contribution < 1.29 is 9.13 Å². The lowest BCUT2D eigenvalue weighted by Crippen LogP contribution is -2.41. The molecule has 3 heteroatoms. The van der Waals surface area contributed by atoms with Gasteiger partial charge in [-0.25, -0.2) is 4.39 Å². The molecular formula is C14H20FNO. The van der Waals surface area contributed by atoms with E-state index in [2.05, 4.69) is 0 Å². The van der Waals surface area contributed by atoms with Gasteiger partial charge in [0, 0.05) is 23.1 Å². The summed E-state index contributed by atoms with van der Waals surface area (Å²) in [5.41, 5.74) is 7.62. The van der Waals surface area contributed by atoms with Crippen LogP contribution >= 0.6 is 0 Å². The first-order valence-corrected chi connectivity index (χ1v) is 6.16. The van der Waals surface area contributed by atoms with Gasteiger partial charge >= 0.3 is 0 Å². The van der Waals surface area contributed by atoms with Crippen LogP contribution in [0.5, 0.6) is 5.75 Å². The van der Waals surface area contributed by atoms with E-state index in [0.717, 1.165) is 18.4 Å². The predicted molar refractivity (Wildman–Crippen MR) is 67.1 cm³/mol. The third kappa shape index (κ3) is 1.93. The molecule has 0 aromatic heterocycles. The Kier molecular flexibility index (Phi) is 3.38. The van der Waals surface area contributed by atoms with Crippen LogP contribution in [-0.2, 0) is 5.41 Å². The van der Waals surface area contributed by atoms with Gasteiger partial charge in [0.05, 0.1) is 7.11 Å². The topological polar surface area (TPSA) is 35.2 Å². The zero-order valence-electron chi connectivity index (χ0n) is 10.5. The van der Waals surface area contributed by atoms with Gasteiger partial charge in [0.15, 0.2) is 0 Å². The number of rotatable bonds is 4. The average molecular weight is 237 g/mol. The van der Waals surface area contributed by atoms with Gasteiger partial charge in [0.1, 0.15) is 11.9 Å². The van der Waals surface area contributed by atoms with E-state index in [0.29, 0.717) is 17.9 Å². The van der Waals surface area contributed by atoms with Crippen molar-refractivity contribution in [2.45, 2.75) is 37.8 Å². The lowest BCUT2D eigenvalue weighted by molar-refractivity contribution is 0.241. The zero-order chi connectivity index (χ0) is 12.5. The lowest BCUT2D eigenvalue weighted by Gasteiger charge is -2.42. The molecule has 0 bridgehead atoms. The normalized spacial score (nSPS) is 19.5. The lowest BCUT2D eigenvalue weighted by atomic mass is 9.64. The van der Waals surface area contributed by atoms with Crippen LogP contribution in [0.15, 0.2) is 18.2 Å². The second-order valence-corrected chi connectivity index (χ2v) is 4.88. The molecule has 1 saturated carbocycles. The average Bonchev–Trinajstić information content (AvgIpc) is 2.28. The Morgan fingerprint density at radius 3 is 2.59 bits per heavy atom. The number of methoxy groups -OCH3 is 1. The molecule has 0 heterocycles. The molecule has 0 spiro atoms. The minimum atomic E-state index is -1.01. The van der Waals surface area contributed by atoms with Crippen LogP contribution in [0.25, 0.3) is 0 Å². The van der Waals surface area contributed by atoms with E-state index in [9.17, 15) is 4.39 Å². The summed E-state index contributed by atoms with van der Waals surface area (Å²) in [6, 6.07) is 5.71. The summed E-state index contributed by atoms with van der Waals surface area (Å²) < 4.78 is 19.0. The fourth-order valence-electron chi connectivity index (χ4n) is 2.70. The summed E-state index contributed by atoms with van der Waals surface area (Å²) >= 11 is 0. The van der Waals surface area contributed by atoms with Crippen molar-refractivity contribution in [3.05, 3.63) is 29.3 Å². The van der Waals surface area contributed by atoms with Gasteiger partial charge in [-0.3, -0.25) is 0 Å². The van der Waals surface area contributed by atoms with E-state index in [1.165, 1.54) is 13.3 Å². The van der Waals surface area contributed by atoms with Crippen LogP contribution in [-0.4, -0.2) is 13.7 Å². The first kappa shape index (κ1) is 12.4. The molecule has 1 aliphatic rings. The highest BCUT2D eigenvalue weighted by Gasteiger charge is 2.40. The third-order valence-corrected chi connectivity index (χ3v) is 3.95. The first-order chi connectivity index (χ1) is 8.14. The Morgan fingerprint density at radius 2 is 2.18 bits per heavy atom. The van der Waals surface area contributed by atoms with Crippen molar-refractivity contribution in [1.29, 1.82) is 0 Å². The standard InChI is InChI=1S/C14H20FNO/c1-10(15)11-5-3-6-12(13(11)17-2)14(9-16)7-4-8-14/h3,5-6,10H,4,7-9,16H2,1-2H3. The number of hydrogen-bond acceptors (Lipinski definition) is 2. The van der Waals surface area contributed by atoms with Gasteiger partial charge in [-0.15, -0.1) is 0 Å². The Hall–Kier alpha value is -1.09. The molecule has 2 rings (SSSR count). The van der Waals surface area contributed by atoms with Crippen LogP contribution in [0.4, 0.5) is 4.39 Å². The van der Waals surface area contributed by atoms with Gasteiger partial charge in [0.25, 0.3) is 0 Å². The Balaban J connectivity index is 2.50. The molecule has 0 aliphatic heterocycles. The highest BCUT2D eigenvalue weighted by Crippen LogP contribution is 2.48. The van der Waals surface area contributed by atoms with Crippen molar-refractivity contribution in [3.8, 4) is 5.75 Å². The molecular weight excluding hydrogens is 217 g/mol. The number of benzene rings is 1. The van der Waals surface area contributed by atoms with Crippen LogP contribution < -0.4 is 10.5 Å². The molecule has 94 valence electrons. The second-order valence-electron chi connectivity index (χ2n) is 4.88. The van der Waals surface area contributed by atoms with Crippen LogP contribution in [0.3, 0.4) is 0 Å². The number of para-hydroxylation sites is 1. The first-order valence-electron chi connectivity index (χ1n) is 6.16. The minimum absolute atomic E-state index is 0.0102. The maximum absolute atomic E-state index is 13.6. The van der Waals surface area contributed by atoms with Crippen LogP contribution in [0.1, 0.15) is 43.5 Å². The summed E-state index contributed by atoms with van der Waals surface area (Å²) in [5.74, 6) is 0.688. The van der Waals surface area contributed by atoms with Crippen molar-refractivity contribution >= 4 is 0 Å². The molecule has 1 fully saturated rings. The highest BCUT2D eigenvalue weighted by atomic mass is 19.1. The van der Waals surface area contributed by atoms with Gasteiger partial charge < -0.3 is 10.5 Å². The largest absolute Gasteiger partial charge is 0.496 e. The molecule has 1 atom stereocenters. The summed E-state index contributed by atoms with van der Waals surface area (Å²) in [4.78, 5) is 0. The van der Waals surface area contributed by atoms with Crippen molar-refractivity contribution in [2.24, 2.45) is 5.73 Å². The number of nitrogens with two attached hydrogens (primary N) is 1. The van der Waals surface area contributed by atoms with E-state index >= 15 is 0 Å². The molecule has 1 aromatic carbocycles. The van der Waals surface area contributed by atoms with Crippen molar-refractivity contribution in [3.63, 3.8) is 0 Å². The van der Waals surface area contributed by atoms with Gasteiger partial charge in [0.2, 0.25) is 0 Å². The smallest absolute Gasteiger partial charge is 0.128 e. The monoisotopic (exact) mass is 237 g/mol. The number of ether oxygens (including phenoxy) is 1. The second kappa shape index (κ2) is 4.65. The minimum Gasteiger partial charge on any atom is -0.496 e. The van der Waals surface area contributed by atoms with Crippen molar-refractivity contribution in [2.75, 3.05) is 13.7 Å². The molecule has 0 radical (unpaired) electrons. The summed E-state index contributed by atoms with van der Waals surface area (Å²) in [6.07, 6.45) is 2.32. The SMILES string of the molecule is COc1c(C(C)F)cccc1C1(CN)CCC1. The van der Waals surface area contributed by atoms with E-state index < -0.39 is 6.17 Å². The van der Waals surface area contributed by atoms with E-state index in [4.69, 9.17) is 10.5 Å². The van der Waals surface area contributed by atoms with Gasteiger partial charge in [-0.2, -0.15) is 0 Å². The van der Waals surface area contributed by atoms with E-state index in [1.807, 2.05) is 12.1 Å². The molecule has 2 nitrogen and oxygen atoms in total. The highest BCUT2D eigenvalue weighted by molar-refractivity contribution is 5.48. The molecule has 17 heavy (non-hydrogen) atoms. The fraction of sp³-hybridized carbons (Fsp3) is 0.571. The predicted octanol–water partition coefficient (Wildman–Crippen LogP) is 3.11. The van der Waals surface area contributed by atoms with E-state index in [1.54, 1.807) is 13.2 Å². The molecule has 2 N–H and O–H groups in total. The molecule has 1 aliphatic carbocycles. The number of alkyl halides is 1. The third-order valence-electron chi connectivity index (χ3n) is 3.95. The molecule has 1 unspecified atom stereocenters. The maximum atomic E-state index is 13.6. The fourth-order valence-corrected chi connectivity index (χ4v) is 2.70. The maximum Gasteiger partial charge on any atom is 0.128 e. The molecule has 0 amide bonds. The van der Waals surface area contributed by atoms with Crippen LogP contribution in [0.2, 0.25) is 0 Å². The summed E-state index contributed by atoms with van der Waals surface area (Å²) in [7, 11) is 1.60. The number of hydrogen-bond donors (Lipinski definition) is 1. The number of halogens is 1. The molecule has 0 saturated heterocycles. The Labute approximate surface area is 102 Å². The van der Waals surface area contributed by atoms with Gasteiger partial charge in [-0.1, -0.05) is 24.6 Å². The summed E-state index contributed by atoms with van der Waals surface area (Å²) in [6.45, 7) is 2.14. The van der Waals surface area contributed by atoms with E-state index in [-0.39, 0.29) is 5.41 Å². The van der Waals surface area contributed by atoms with Gasteiger partial charge in [-0.05, 0) is 19.8 Å². The van der Waals surface area contributed by atoms with Crippen LogP contribution in [0, 0.1) is 0 Å². The Morgan fingerprint density at radius 1 is 1.47 bits per heavy atom. The van der Waals surface area contributed by atoms with Crippen molar-refractivity contribution in [1.82, 2.24) is 0 Å². The quantitative estimate of drug-likeness (QED) is 0.873. The Bertz CT molecular complexity index is 394. The zero-order valence-corrected chi connectivity index (χ0v) is 10.5. The molecule has 1 aromatic rings. The summed E-state index contributed by atoms with van der Waals surface area (Å²) in [5, 5.41) is 0.